The maximum absolute atomic E-state index is 5.98. The minimum Gasteiger partial charge on any atom is -0.323 e. The van der Waals surface area contributed by atoms with Crippen LogP contribution in [-0.4, -0.2) is 14.8 Å². The van der Waals surface area contributed by atoms with Gasteiger partial charge in [-0.1, -0.05) is 13.8 Å². The average Bonchev–Trinajstić information content (AvgIpc) is 2.72. The molecule has 19 heavy (non-hydrogen) atoms. The summed E-state index contributed by atoms with van der Waals surface area (Å²) in [5.74, 6) is 0. The highest BCUT2D eigenvalue weighted by atomic mass is 15.3. The third-order valence-corrected chi connectivity index (χ3v) is 3.63. The highest BCUT2D eigenvalue weighted by Gasteiger charge is 2.12. The molecule has 0 spiro atoms. The predicted molar refractivity (Wildman–Crippen MR) is 77.4 cm³/mol. The van der Waals surface area contributed by atoms with Crippen molar-refractivity contribution in [2.45, 2.75) is 46.6 Å². The lowest BCUT2D eigenvalue weighted by Gasteiger charge is -2.09. The Balaban J connectivity index is 2.37. The number of hydrogen-bond acceptors (Lipinski definition) is 3. The third kappa shape index (κ3) is 2.54. The van der Waals surface area contributed by atoms with Crippen LogP contribution < -0.4 is 5.73 Å². The molecule has 0 saturated carbocycles. The van der Waals surface area contributed by atoms with E-state index in [0.29, 0.717) is 0 Å². The van der Waals surface area contributed by atoms with Gasteiger partial charge in [0, 0.05) is 11.7 Å². The topological polar surface area (TPSA) is 56.7 Å². The van der Waals surface area contributed by atoms with Gasteiger partial charge in [0.25, 0.3) is 0 Å². The summed E-state index contributed by atoms with van der Waals surface area (Å²) in [7, 11) is 0. The van der Waals surface area contributed by atoms with Gasteiger partial charge in [-0.05, 0) is 44.4 Å². The lowest BCUT2D eigenvalue weighted by molar-refractivity contribution is 0.673. The van der Waals surface area contributed by atoms with Crippen molar-refractivity contribution in [1.82, 2.24) is 14.8 Å². The van der Waals surface area contributed by atoms with Crippen LogP contribution in [0.5, 0.6) is 0 Å². The molecule has 0 bridgehead atoms. The Hall–Kier alpha value is -1.68. The summed E-state index contributed by atoms with van der Waals surface area (Å²) in [6.07, 6.45) is 3.75. The van der Waals surface area contributed by atoms with Crippen molar-refractivity contribution in [3.8, 4) is 5.69 Å². The first-order valence-corrected chi connectivity index (χ1v) is 6.85. The molecule has 1 atom stereocenters. The molecule has 2 aromatic heterocycles. The molecule has 2 heterocycles. The molecule has 102 valence electrons. The SMILES string of the molecule is CCc1c(C)nn(-c2ccc([C@@H](N)CC)nc2)c1C. The molecular weight excluding hydrogens is 236 g/mol. The number of rotatable bonds is 4. The normalized spacial score (nSPS) is 12.7. The van der Waals surface area contributed by atoms with Crippen LogP contribution in [0.4, 0.5) is 0 Å². The van der Waals surface area contributed by atoms with Crippen molar-refractivity contribution in [1.29, 1.82) is 0 Å². The largest absolute Gasteiger partial charge is 0.323 e. The van der Waals surface area contributed by atoms with Gasteiger partial charge in [-0.3, -0.25) is 4.98 Å². The van der Waals surface area contributed by atoms with E-state index in [0.717, 1.165) is 29.9 Å². The van der Waals surface area contributed by atoms with E-state index in [9.17, 15) is 0 Å². The van der Waals surface area contributed by atoms with Crippen molar-refractivity contribution in [2.75, 3.05) is 0 Å². The van der Waals surface area contributed by atoms with Gasteiger partial charge in [0.15, 0.2) is 0 Å². The monoisotopic (exact) mass is 258 g/mol. The Bertz CT molecular complexity index is 554. The Labute approximate surface area is 114 Å². The van der Waals surface area contributed by atoms with Gasteiger partial charge in [-0.25, -0.2) is 4.68 Å². The van der Waals surface area contributed by atoms with Crippen LogP contribution in [-0.2, 0) is 6.42 Å². The Morgan fingerprint density at radius 3 is 2.47 bits per heavy atom. The zero-order chi connectivity index (χ0) is 14.0. The quantitative estimate of drug-likeness (QED) is 0.917. The van der Waals surface area contributed by atoms with Crippen molar-refractivity contribution >= 4 is 0 Å². The lowest BCUT2D eigenvalue weighted by atomic mass is 10.1. The first-order valence-electron chi connectivity index (χ1n) is 6.85. The molecule has 0 fully saturated rings. The molecule has 2 aromatic rings. The fourth-order valence-electron chi connectivity index (χ4n) is 2.39. The maximum atomic E-state index is 5.98. The van der Waals surface area contributed by atoms with Crippen LogP contribution in [0, 0.1) is 13.8 Å². The van der Waals surface area contributed by atoms with Crippen LogP contribution in [0.25, 0.3) is 5.69 Å². The summed E-state index contributed by atoms with van der Waals surface area (Å²) < 4.78 is 1.96. The van der Waals surface area contributed by atoms with Gasteiger partial charge < -0.3 is 5.73 Å². The van der Waals surface area contributed by atoms with Crippen LogP contribution in [0.15, 0.2) is 18.3 Å². The molecule has 2 N–H and O–H groups in total. The molecular formula is C15H22N4. The second kappa shape index (κ2) is 5.53. The summed E-state index contributed by atoms with van der Waals surface area (Å²) in [5.41, 5.74) is 11.5. The second-order valence-corrected chi connectivity index (χ2v) is 4.87. The zero-order valence-electron chi connectivity index (χ0n) is 12.1. The molecule has 2 rings (SSSR count). The fraction of sp³-hybridized carbons (Fsp3) is 0.467. The number of hydrogen-bond donors (Lipinski definition) is 1. The Morgan fingerprint density at radius 1 is 1.26 bits per heavy atom. The molecule has 0 aliphatic rings. The molecule has 0 unspecified atom stereocenters. The first-order chi connectivity index (χ1) is 9.08. The molecule has 4 nitrogen and oxygen atoms in total. The third-order valence-electron chi connectivity index (χ3n) is 3.63. The van der Waals surface area contributed by atoms with Crippen LogP contribution >= 0.6 is 0 Å². The molecule has 0 amide bonds. The number of aromatic nitrogens is 3. The summed E-state index contributed by atoms with van der Waals surface area (Å²) >= 11 is 0. The average molecular weight is 258 g/mol. The van der Waals surface area contributed by atoms with E-state index < -0.39 is 0 Å². The maximum Gasteiger partial charge on any atom is 0.0832 e. The van der Waals surface area contributed by atoms with Gasteiger partial charge in [0.2, 0.25) is 0 Å². The standard InChI is InChI=1S/C15H22N4/c1-5-13-10(3)18-19(11(13)4)12-7-8-15(17-9-12)14(16)6-2/h7-9,14H,5-6,16H2,1-4H3/t14-/m0/s1. The van der Waals surface area contributed by atoms with E-state index in [2.05, 4.69) is 37.8 Å². The van der Waals surface area contributed by atoms with Gasteiger partial charge in [-0.15, -0.1) is 0 Å². The number of aryl methyl sites for hydroxylation is 1. The van der Waals surface area contributed by atoms with Crippen molar-refractivity contribution in [3.05, 3.63) is 41.0 Å². The van der Waals surface area contributed by atoms with Crippen molar-refractivity contribution < 1.29 is 0 Å². The van der Waals surface area contributed by atoms with Crippen molar-refractivity contribution in [3.63, 3.8) is 0 Å². The van der Waals surface area contributed by atoms with Gasteiger partial charge >= 0.3 is 0 Å². The first kappa shape index (κ1) is 13.7. The lowest BCUT2D eigenvalue weighted by Crippen LogP contribution is -2.11. The smallest absolute Gasteiger partial charge is 0.0832 e. The highest BCUT2D eigenvalue weighted by molar-refractivity contribution is 5.36. The minimum atomic E-state index is 0.0145. The fourth-order valence-corrected chi connectivity index (χ4v) is 2.39. The van der Waals surface area contributed by atoms with Crippen LogP contribution in [0.1, 0.15) is 49.0 Å². The zero-order valence-corrected chi connectivity index (χ0v) is 12.1. The molecule has 0 aliphatic carbocycles. The van der Waals surface area contributed by atoms with Crippen molar-refractivity contribution in [2.24, 2.45) is 5.73 Å². The predicted octanol–water partition coefficient (Wildman–Crippen LogP) is 2.86. The van der Waals surface area contributed by atoms with Gasteiger partial charge in [-0.2, -0.15) is 5.10 Å². The molecule has 0 aliphatic heterocycles. The van der Waals surface area contributed by atoms with Gasteiger partial charge in [0.05, 0.1) is 23.3 Å². The van der Waals surface area contributed by atoms with E-state index >= 15 is 0 Å². The molecule has 4 heteroatoms. The Morgan fingerprint density at radius 2 is 2.00 bits per heavy atom. The molecule has 0 aromatic carbocycles. The van der Waals surface area contributed by atoms with E-state index in [-0.39, 0.29) is 6.04 Å². The molecule has 0 saturated heterocycles. The van der Waals surface area contributed by atoms with E-state index in [4.69, 9.17) is 5.73 Å². The van der Waals surface area contributed by atoms with Crippen LogP contribution in [0.3, 0.4) is 0 Å². The highest BCUT2D eigenvalue weighted by Crippen LogP contribution is 2.19. The van der Waals surface area contributed by atoms with Crippen LogP contribution in [0.2, 0.25) is 0 Å². The molecule has 0 radical (unpaired) electrons. The summed E-state index contributed by atoms with van der Waals surface area (Å²) in [5, 5.41) is 4.59. The Kier molecular flexibility index (Phi) is 4.00. The summed E-state index contributed by atoms with van der Waals surface area (Å²) in [6, 6.07) is 4.04. The van der Waals surface area contributed by atoms with E-state index in [1.54, 1.807) is 0 Å². The van der Waals surface area contributed by atoms with E-state index in [1.807, 2.05) is 23.0 Å². The summed E-state index contributed by atoms with van der Waals surface area (Å²) in [6.45, 7) is 8.37. The number of nitrogens with two attached hydrogens (primary N) is 1. The number of pyridine rings is 1. The minimum absolute atomic E-state index is 0.0145. The van der Waals surface area contributed by atoms with E-state index in [1.165, 1.54) is 11.3 Å². The number of nitrogens with zero attached hydrogens (tertiary/aromatic N) is 3. The summed E-state index contributed by atoms with van der Waals surface area (Å²) in [4.78, 5) is 4.45. The second-order valence-electron chi connectivity index (χ2n) is 4.87. The van der Waals surface area contributed by atoms with Gasteiger partial charge in [0.1, 0.15) is 0 Å².